The van der Waals surface area contributed by atoms with Crippen LogP contribution in [0.1, 0.15) is 11.0 Å². The van der Waals surface area contributed by atoms with Crippen LogP contribution >= 0.6 is 0 Å². The molecule has 6 heteroatoms. The summed E-state index contributed by atoms with van der Waals surface area (Å²) >= 11 is 0. The quantitative estimate of drug-likeness (QED) is 0.489. The number of nitrogens with zero attached hydrogens (tertiary/aromatic N) is 1. The molecule has 0 aliphatic carbocycles. The fourth-order valence-corrected chi connectivity index (χ4v) is 1.21. The van der Waals surface area contributed by atoms with E-state index in [0.29, 0.717) is 0 Å². The van der Waals surface area contributed by atoms with Crippen LogP contribution in [0.5, 0.6) is 0 Å². The molecule has 1 aromatic rings. The van der Waals surface area contributed by atoms with Crippen LogP contribution in [-0.4, -0.2) is 21.0 Å². The van der Waals surface area contributed by atoms with Crippen molar-refractivity contribution in [3.63, 3.8) is 0 Å². The normalized spacial score (nSPS) is 6.93. The monoisotopic (exact) mass is 342 g/mol. The van der Waals surface area contributed by atoms with Crippen LogP contribution < -0.4 is 42.1 Å². The number of anilines is 1. The molecule has 0 fully saturated rings. The Labute approximate surface area is 131 Å². The summed E-state index contributed by atoms with van der Waals surface area (Å²) in [7, 11) is 4.13. The minimum Gasteiger partial charge on any atom is -1.00 e. The zero-order valence-corrected chi connectivity index (χ0v) is 14.0. The smallest absolute Gasteiger partial charge is 1.00 e. The zero-order chi connectivity index (χ0) is 8.43. The second kappa shape index (κ2) is 11.5. The van der Waals surface area contributed by atoms with Gasteiger partial charge in [-0.2, -0.15) is 0 Å². The van der Waals surface area contributed by atoms with Crippen molar-refractivity contribution in [2.24, 2.45) is 0 Å². The Morgan fingerprint density at radius 3 is 1.80 bits per heavy atom. The molecule has 0 amide bonds. The zero-order valence-electron chi connectivity index (χ0n) is 9.31. The van der Waals surface area contributed by atoms with Crippen LogP contribution in [0.2, 0.25) is 0 Å². The Morgan fingerprint density at radius 2 is 1.47 bits per heavy atom. The van der Waals surface area contributed by atoms with Crippen LogP contribution in [0.15, 0.2) is 12.1 Å². The molecule has 83 valence electrons. The van der Waals surface area contributed by atoms with Crippen molar-refractivity contribution in [3.8, 4) is 0 Å². The maximum Gasteiger partial charge on any atom is 3.00 e. The third-order valence-electron chi connectivity index (χ3n) is 1.72. The van der Waals surface area contributed by atoms with Crippen molar-refractivity contribution in [2.45, 2.75) is 13.8 Å². The van der Waals surface area contributed by atoms with Gasteiger partial charge >= 0.3 is 94.7 Å². The number of hydrogen-bond acceptors (Lipinski definition) is 1. The molecule has 0 spiro atoms. The molecule has 1 heterocycles. The molecule has 15 heavy (non-hydrogen) atoms. The summed E-state index contributed by atoms with van der Waals surface area (Å²) in [6.07, 6.45) is 0. The Hall–Kier alpha value is 0.968. The van der Waals surface area contributed by atoms with E-state index in [4.69, 9.17) is 0 Å². The predicted octanol–water partition coefficient (Wildman–Crippen LogP) is -7.28. The SMILES string of the molecule is Cc1bc(N(C)C)cc(C)c1.[Cl-].[Cl-].[Cl-].[Zr+3]. The van der Waals surface area contributed by atoms with Gasteiger partial charge in [-0.3, -0.25) is 0 Å². The summed E-state index contributed by atoms with van der Waals surface area (Å²) in [6.45, 7) is 6.44. The van der Waals surface area contributed by atoms with Gasteiger partial charge in [0.05, 0.1) is 0 Å². The maximum atomic E-state index is 2.19. The van der Waals surface area contributed by atoms with Crippen LogP contribution in [0.3, 0.4) is 0 Å². The van der Waals surface area contributed by atoms with Crippen LogP contribution in [0.25, 0.3) is 0 Å². The van der Waals surface area contributed by atoms with Crippen LogP contribution in [-0.2, 0) is 26.2 Å². The molecular weight excluding hydrogens is 331 g/mol. The minimum atomic E-state index is 0. The van der Waals surface area contributed by atoms with Crippen LogP contribution in [0, 0.1) is 13.8 Å². The van der Waals surface area contributed by atoms with Crippen molar-refractivity contribution in [1.29, 1.82) is 0 Å². The second-order valence-electron chi connectivity index (χ2n) is 3.24. The van der Waals surface area contributed by atoms with Crippen molar-refractivity contribution >= 4 is 12.5 Å². The first-order chi connectivity index (χ1) is 5.09. The molecule has 1 nitrogen and oxygen atoms in total. The first-order valence-corrected chi connectivity index (χ1v) is 3.85. The Kier molecular flexibility index (Phi) is 19.1. The van der Waals surface area contributed by atoms with E-state index in [1.165, 1.54) is 16.6 Å². The molecule has 0 aliphatic heterocycles. The maximum absolute atomic E-state index is 2.19. The van der Waals surface area contributed by atoms with Crippen molar-refractivity contribution < 1.29 is 63.4 Å². The van der Waals surface area contributed by atoms with Gasteiger partial charge in [-0.05, 0) is 0 Å². The van der Waals surface area contributed by atoms with Crippen molar-refractivity contribution in [3.05, 3.63) is 23.2 Å². The Balaban J connectivity index is -0.000000151. The Morgan fingerprint density at radius 1 is 1.00 bits per heavy atom. The number of hydrogen-bond donors (Lipinski definition) is 0. The molecule has 0 saturated heterocycles. The molecule has 0 atom stereocenters. The molecule has 0 N–H and O–H groups in total. The number of halogens is 3. The number of rotatable bonds is 1. The summed E-state index contributed by atoms with van der Waals surface area (Å²) < 4.78 is 0. The van der Waals surface area contributed by atoms with E-state index in [0.717, 1.165) is 0 Å². The number of aryl methyl sites for hydroxylation is 2. The molecule has 1 radical (unpaired) electrons. The average Bonchev–Trinajstić information content (AvgIpc) is 1.85. The van der Waals surface area contributed by atoms with E-state index in [1.54, 1.807) is 0 Å². The largest absolute Gasteiger partial charge is 3.00 e. The van der Waals surface area contributed by atoms with Gasteiger partial charge in [-0.1, -0.05) is 0 Å². The van der Waals surface area contributed by atoms with E-state index < -0.39 is 0 Å². The van der Waals surface area contributed by atoms with Gasteiger partial charge in [-0.25, -0.2) is 0 Å². The second-order valence-corrected chi connectivity index (χ2v) is 3.24. The summed E-state index contributed by atoms with van der Waals surface area (Å²) in [5, 5.41) is 0. The topological polar surface area (TPSA) is 3.24 Å². The molecule has 0 aliphatic rings. The van der Waals surface area contributed by atoms with Crippen molar-refractivity contribution in [2.75, 3.05) is 19.0 Å². The minimum absolute atomic E-state index is 0. The molecule has 1 aromatic heterocycles. The molecule has 0 unspecified atom stereocenters. The molecular formula is C9H14BCl3NZr. The summed E-state index contributed by atoms with van der Waals surface area (Å²) in [5.74, 6) is 0. The van der Waals surface area contributed by atoms with E-state index >= 15 is 0 Å². The van der Waals surface area contributed by atoms with Crippen LogP contribution in [0.4, 0.5) is 5.58 Å². The van der Waals surface area contributed by atoms with Gasteiger partial charge in [0.2, 0.25) is 0 Å². The summed E-state index contributed by atoms with van der Waals surface area (Å²) in [4.78, 5) is 2.12. The summed E-state index contributed by atoms with van der Waals surface area (Å²) in [6, 6.07) is 4.38. The van der Waals surface area contributed by atoms with E-state index in [1.807, 2.05) is 0 Å². The van der Waals surface area contributed by atoms with Gasteiger partial charge in [0.1, 0.15) is 0 Å². The first kappa shape index (κ1) is 25.0. The average molecular weight is 345 g/mol. The van der Waals surface area contributed by atoms with Gasteiger partial charge in [0, 0.05) is 0 Å². The fourth-order valence-electron chi connectivity index (χ4n) is 1.21. The third-order valence-corrected chi connectivity index (χ3v) is 1.72. The van der Waals surface area contributed by atoms with E-state index in [2.05, 4.69) is 51.9 Å². The van der Waals surface area contributed by atoms with Gasteiger partial charge in [0.15, 0.2) is 0 Å². The van der Waals surface area contributed by atoms with Gasteiger partial charge < -0.3 is 37.2 Å². The fraction of sp³-hybridized carbons (Fsp3) is 0.444. The van der Waals surface area contributed by atoms with Crippen molar-refractivity contribution in [1.82, 2.24) is 0 Å². The Bertz CT molecular complexity index is 251. The molecule has 0 saturated carbocycles. The molecule has 0 bridgehead atoms. The van der Waals surface area contributed by atoms with Gasteiger partial charge in [-0.15, -0.1) is 0 Å². The third kappa shape index (κ3) is 8.74. The van der Waals surface area contributed by atoms with E-state index in [9.17, 15) is 0 Å². The predicted molar refractivity (Wildman–Crippen MR) is 51.6 cm³/mol. The first-order valence-electron chi connectivity index (χ1n) is 3.85. The molecule has 0 aromatic carbocycles. The molecule has 1 rings (SSSR count). The van der Waals surface area contributed by atoms with E-state index in [-0.39, 0.29) is 63.4 Å². The summed E-state index contributed by atoms with van der Waals surface area (Å²) in [5.41, 5.74) is 3.94. The standard InChI is InChI=1S/C9H14BN.3ClH.Zr/c1-7-5-8(2)10-9(6-7)11(3)4;;;;/h5-6H,1-4H3;3*1H;/q;;;;+3/p-3. The van der Waals surface area contributed by atoms with Gasteiger partial charge in [0.25, 0.3) is 0 Å².